The van der Waals surface area contributed by atoms with Crippen molar-refractivity contribution < 1.29 is 71.7 Å². The highest BCUT2D eigenvalue weighted by molar-refractivity contribution is 6.16. The first-order chi connectivity index (χ1) is 42.5. The number of aliphatic imine (C=N–C) groups is 1. The molecule has 4 atom stereocenters. The zero-order valence-electron chi connectivity index (χ0n) is 49.7. The fourth-order valence-electron chi connectivity index (χ4n) is 11.3. The van der Waals surface area contributed by atoms with Crippen LogP contribution in [0.5, 0.6) is 23.0 Å². The lowest BCUT2D eigenvalue weighted by molar-refractivity contribution is -0.197. The van der Waals surface area contributed by atoms with Crippen LogP contribution in [-0.2, 0) is 57.8 Å². The Hall–Kier alpha value is -9.80. The third-order valence-corrected chi connectivity index (χ3v) is 16.0. The summed E-state index contributed by atoms with van der Waals surface area (Å²) in [6.07, 6.45) is 4.66. The van der Waals surface area contributed by atoms with Crippen LogP contribution >= 0.6 is 0 Å². The van der Waals surface area contributed by atoms with Crippen LogP contribution in [-0.4, -0.2) is 123 Å². The number of hydrogen-bond acceptors (Lipinski definition) is 16. The van der Waals surface area contributed by atoms with Crippen molar-refractivity contribution in [2.24, 2.45) is 10.9 Å². The molecule has 0 unspecified atom stereocenters. The summed E-state index contributed by atoms with van der Waals surface area (Å²) >= 11 is 0. The quantitative estimate of drug-likeness (QED) is 0.0389. The molecule has 5 aliphatic rings. The average Bonchev–Trinajstić information content (AvgIpc) is 1.65. The molecular weight excluding hydrogens is 1130 g/mol. The van der Waals surface area contributed by atoms with E-state index in [-0.39, 0.29) is 87.6 Å². The molecule has 88 heavy (non-hydrogen) atoms. The van der Waals surface area contributed by atoms with E-state index in [1.807, 2.05) is 54.7 Å². The topological polar surface area (TPSA) is 270 Å². The van der Waals surface area contributed by atoms with Gasteiger partial charge in [0.1, 0.15) is 18.7 Å². The maximum atomic E-state index is 14.6. The van der Waals surface area contributed by atoms with Gasteiger partial charge in [0, 0.05) is 67.5 Å². The number of methoxy groups -OCH3 is 2. The lowest BCUT2D eigenvalue weighted by Gasteiger charge is -2.26. The minimum atomic E-state index is -1.01. The van der Waals surface area contributed by atoms with E-state index in [4.69, 9.17) is 33.5 Å². The second kappa shape index (κ2) is 27.3. The molecule has 0 aliphatic carbocycles. The number of nitrogens with one attached hydrogen (secondary N) is 3. The Kier molecular flexibility index (Phi) is 19.0. The molecule has 3 N–H and O–H groups in total. The van der Waals surface area contributed by atoms with Gasteiger partial charge in [0.05, 0.1) is 68.6 Å². The van der Waals surface area contributed by atoms with E-state index in [0.29, 0.717) is 88.5 Å². The highest BCUT2D eigenvalue weighted by Gasteiger charge is 2.43. The summed E-state index contributed by atoms with van der Waals surface area (Å²) < 4.78 is 30.0. The number of amides is 8. The van der Waals surface area contributed by atoms with Gasteiger partial charge < -0.3 is 49.4 Å². The van der Waals surface area contributed by atoms with Crippen LogP contribution in [0.3, 0.4) is 0 Å². The van der Waals surface area contributed by atoms with Crippen LogP contribution in [0.25, 0.3) is 0 Å². The van der Waals surface area contributed by atoms with E-state index in [0.717, 1.165) is 28.9 Å². The number of fused-ring (bicyclic) bond motifs is 8. The molecule has 23 heteroatoms. The Morgan fingerprint density at radius 3 is 1.92 bits per heavy atom. The van der Waals surface area contributed by atoms with E-state index in [2.05, 4.69) is 16.0 Å². The number of nitrogens with zero attached hydrogens (tertiary/aromatic N) is 5. The summed E-state index contributed by atoms with van der Waals surface area (Å²) in [5, 5.41) is 8.61. The van der Waals surface area contributed by atoms with E-state index < -0.39 is 59.7 Å². The molecule has 1 fully saturated rings. The van der Waals surface area contributed by atoms with Crippen molar-refractivity contribution in [1.29, 1.82) is 0 Å². The van der Waals surface area contributed by atoms with Crippen LogP contribution in [0.2, 0.25) is 0 Å². The molecule has 10 rings (SSSR count). The molecule has 460 valence electrons. The SMILES string of the molecule is COc1cc2c(cc1OCCCCCOc1cc3c(cc1OC)C(=O)N1c4ccccc4C[C@H]1CN3C(=O)OCc1ccc(NC(=O)[C@H](C)NC(=O)[C@@H](NC(=O)CCCCC(=O)ON3C(=O)CCC3=O)C(C)C)cc1)N=C[C@@H]1Cc3ccccc3N1C2=O. The normalized spacial score (nSPS) is 16.9. The minimum Gasteiger partial charge on any atom is -0.493 e. The average molecular weight is 1200 g/mol. The predicted octanol–water partition coefficient (Wildman–Crippen LogP) is 8.10. The first-order valence-corrected chi connectivity index (χ1v) is 29.6. The van der Waals surface area contributed by atoms with Gasteiger partial charge in [-0.05, 0) is 104 Å². The van der Waals surface area contributed by atoms with Crippen LogP contribution in [0.1, 0.15) is 116 Å². The number of hydrogen-bond donors (Lipinski definition) is 3. The number of carbonyl (C=O) groups excluding carboxylic acids is 9. The molecule has 0 aromatic heterocycles. The zero-order valence-corrected chi connectivity index (χ0v) is 49.7. The first-order valence-electron chi connectivity index (χ1n) is 29.6. The number of anilines is 4. The number of para-hydroxylation sites is 2. The van der Waals surface area contributed by atoms with Gasteiger partial charge in [-0.25, -0.2) is 9.59 Å². The molecule has 1 saturated heterocycles. The Morgan fingerprint density at radius 1 is 0.636 bits per heavy atom. The molecule has 5 aliphatic heterocycles. The van der Waals surface area contributed by atoms with Crippen molar-refractivity contribution >= 4 is 88.1 Å². The van der Waals surface area contributed by atoms with Crippen LogP contribution in [0.15, 0.2) is 102 Å². The Bertz CT molecular complexity index is 3550. The fourth-order valence-corrected chi connectivity index (χ4v) is 11.3. The number of hydroxylamine groups is 2. The summed E-state index contributed by atoms with van der Waals surface area (Å²) in [6.45, 7) is 5.59. The van der Waals surface area contributed by atoms with Gasteiger partial charge in [0.2, 0.25) is 17.7 Å². The van der Waals surface area contributed by atoms with Crippen LogP contribution in [0.4, 0.5) is 33.2 Å². The van der Waals surface area contributed by atoms with Crippen molar-refractivity contribution in [3.8, 4) is 23.0 Å². The Morgan fingerprint density at radius 2 is 1.25 bits per heavy atom. The fraction of sp³-hybridized carbons (Fsp3) is 0.385. The molecular formula is C65H70N8O15. The van der Waals surface area contributed by atoms with Crippen LogP contribution in [0, 0.1) is 5.92 Å². The standard InChI is InChI=1S/C65H70N8O15/c1-38(2)60(69-56(74)19-11-12-20-59(77)88-73-57(75)25-26-58(73)76)62(79)67-39(3)61(78)68-43-23-21-40(22-24-43)37-87-65(82)70-36-45-30-42-16-8-10-18-50(42)72(45)64(81)47-32-53(84-5)55(34-51(47)70)86-28-14-6-13-27-85-54-33-48-46(31-52(54)83-4)63(80)71-44(35-66-48)29-41-15-7-9-17-49(41)71/h7-10,15-18,21-24,31-35,38-39,44-45,60H,6,11-14,19-20,25-30,36-37H2,1-5H3,(H,67,79)(H,68,78)(H,69,74)/t39-,44-,45-,60-/m0/s1. The van der Waals surface area contributed by atoms with Gasteiger partial charge in [0.15, 0.2) is 23.0 Å². The Balaban J connectivity index is 0.716. The number of carbonyl (C=O) groups is 9. The summed E-state index contributed by atoms with van der Waals surface area (Å²) in [5.74, 6) is -2.73. The summed E-state index contributed by atoms with van der Waals surface area (Å²) in [6, 6.07) is 26.2. The van der Waals surface area contributed by atoms with E-state index in [1.54, 1.807) is 72.2 Å². The van der Waals surface area contributed by atoms with E-state index in [9.17, 15) is 43.2 Å². The maximum absolute atomic E-state index is 14.6. The first kappa shape index (κ1) is 61.3. The molecule has 0 saturated carbocycles. The molecule has 0 spiro atoms. The monoisotopic (exact) mass is 1200 g/mol. The highest BCUT2D eigenvalue weighted by Crippen LogP contribution is 2.44. The van der Waals surface area contributed by atoms with Crippen molar-refractivity contribution in [1.82, 2.24) is 15.7 Å². The lowest BCUT2D eigenvalue weighted by Crippen LogP contribution is -2.53. The second-order valence-corrected chi connectivity index (χ2v) is 22.4. The summed E-state index contributed by atoms with van der Waals surface area (Å²) in [4.78, 5) is 132. The third kappa shape index (κ3) is 13.6. The molecule has 23 nitrogen and oxygen atoms in total. The maximum Gasteiger partial charge on any atom is 0.414 e. The Labute approximate surface area is 508 Å². The minimum absolute atomic E-state index is 0.0127. The largest absolute Gasteiger partial charge is 0.493 e. The lowest BCUT2D eigenvalue weighted by atomic mass is 10.0. The number of unbranched alkanes of at least 4 members (excludes halogenated alkanes) is 3. The smallest absolute Gasteiger partial charge is 0.414 e. The van der Waals surface area contributed by atoms with Gasteiger partial charge in [-0.2, -0.15) is 0 Å². The van der Waals surface area contributed by atoms with Gasteiger partial charge >= 0.3 is 12.1 Å². The number of imide groups is 1. The molecule has 5 aromatic rings. The van der Waals surface area contributed by atoms with Crippen molar-refractivity contribution in [3.05, 3.63) is 125 Å². The molecule has 5 aromatic carbocycles. The van der Waals surface area contributed by atoms with Gasteiger partial charge in [-0.1, -0.05) is 62.4 Å². The molecule has 8 amide bonds. The zero-order chi connectivity index (χ0) is 62.2. The van der Waals surface area contributed by atoms with E-state index >= 15 is 0 Å². The van der Waals surface area contributed by atoms with Crippen molar-refractivity contribution in [2.75, 3.05) is 54.0 Å². The van der Waals surface area contributed by atoms with Crippen molar-refractivity contribution in [2.45, 2.75) is 122 Å². The summed E-state index contributed by atoms with van der Waals surface area (Å²) in [5.41, 5.74) is 6.18. The number of ether oxygens (including phenoxy) is 5. The van der Waals surface area contributed by atoms with Crippen molar-refractivity contribution in [3.63, 3.8) is 0 Å². The van der Waals surface area contributed by atoms with Gasteiger partial charge in [-0.15, -0.1) is 5.06 Å². The number of benzene rings is 5. The number of rotatable bonds is 24. The predicted molar refractivity (Wildman–Crippen MR) is 323 cm³/mol. The molecule has 5 heterocycles. The summed E-state index contributed by atoms with van der Waals surface area (Å²) in [7, 11) is 3.02. The van der Waals surface area contributed by atoms with Gasteiger partial charge in [0.25, 0.3) is 23.6 Å². The van der Waals surface area contributed by atoms with Crippen LogP contribution < -0.4 is 49.6 Å². The molecule has 0 radical (unpaired) electrons. The van der Waals surface area contributed by atoms with E-state index in [1.165, 1.54) is 26.0 Å². The van der Waals surface area contributed by atoms with Gasteiger partial charge in [-0.3, -0.25) is 48.4 Å². The second-order valence-electron chi connectivity index (χ2n) is 22.4. The highest BCUT2D eigenvalue weighted by atomic mass is 16.7. The molecule has 0 bridgehead atoms. The third-order valence-electron chi connectivity index (χ3n) is 16.0.